The molecule has 0 atom stereocenters. The van der Waals surface area contributed by atoms with E-state index in [-0.39, 0.29) is 5.92 Å². The molecule has 3 rings (SSSR count). The third-order valence-electron chi connectivity index (χ3n) is 4.84. The van der Waals surface area contributed by atoms with Crippen molar-refractivity contribution in [3.8, 4) is 0 Å². The average molecular weight is 342 g/mol. The van der Waals surface area contributed by atoms with Gasteiger partial charge in [0.2, 0.25) is 0 Å². The average Bonchev–Trinajstić information content (AvgIpc) is 3.04. The Hall–Kier alpha value is -2.63. The van der Waals surface area contributed by atoms with Gasteiger partial charge < -0.3 is 15.0 Å². The highest BCUT2D eigenvalue weighted by Crippen LogP contribution is 2.25. The Bertz CT molecular complexity index is 790. The zero-order chi connectivity index (χ0) is 17.8. The molecule has 1 fully saturated rings. The minimum atomic E-state index is -1.10. The maximum absolute atomic E-state index is 12.7. The van der Waals surface area contributed by atoms with Crippen LogP contribution in [0, 0.1) is 5.92 Å². The fraction of sp³-hybridized carbons (Fsp3) is 0.421. The number of aromatic nitrogens is 1. The molecule has 0 saturated heterocycles. The molecule has 6 nitrogen and oxygen atoms in total. The Morgan fingerprint density at radius 1 is 1.12 bits per heavy atom. The predicted octanol–water partition coefficient (Wildman–Crippen LogP) is 2.84. The molecule has 0 bridgehead atoms. The smallest absolute Gasteiger partial charge is 0.323 e. The highest BCUT2D eigenvalue weighted by molar-refractivity contribution is 6.45. The number of aromatic amines is 1. The van der Waals surface area contributed by atoms with Crippen LogP contribution in [0.2, 0.25) is 0 Å². The van der Waals surface area contributed by atoms with E-state index < -0.39 is 24.2 Å². The topological polar surface area (TPSA) is 90.5 Å². The van der Waals surface area contributed by atoms with E-state index in [4.69, 9.17) is 5.11 Å². The molecule has 2 aromatic rings. The summed E-state index contributed by atoms with van der Waals surface area (Å²) < 4.78 is 0. The van der Waals surface area contributed by atoms with Gasteiger partial charge in [0.1, 0.15) is 6.54 Å². The van der Waals surface area contributed by atoms with Crippen LogP contribution in [0.5, 0.6) is 0 Å². The van der Waals surface area contributed by atoms with Crippen molar-refractivity contribution in [2.75, 3.05) is 13.1 Å². The normalized spacial score (nSPS) is 15.2. The third kappa shape index (κ3) is 3.90. The van der Waals surface area contributed by atoms with Crippen LogP contribution in [-0.4, -0.2) is 45.7 Å². The van der Waals surface area contributed by atoms with Crippen LogP contribution >= 0.6 is 0 Å². The number of fused-ring (bicyclic) bond motifs is 1. The molecule has 0 radical (unpaired) electrons. The number of Topliss-reactive ketones (excluding diaryl/α,β-unsaturated/α-hetero) is 1. The second-order valence-corrected chi connectivity index (χ2v) is 6.66. The van der Waals surface area contributed by atoms with E-state index in [2.05, 4.69) is 4.98 Å². The molecule has 1 aromatic carbocycles. The first kappa shape index (κ1) is 17.2. The van der Waals surface area contributed by atoms with E-state index in [0.29, 0.717) is 17.5 Å². The van der Waals surface area contributed by atoms with E-state index in [9.17, 15) is 14.4 Å². The molecule has 0 aliphatic heterocycles. The van der Waals surface area contributed by atoms with Gasteiger partial charge >= 0.3 is 5.97 Å². The summed E-state index contributed by atoms with van der Waals surface area (Å²) in [7, 11) is 0. The monoisotopic (exact) mass is 342 g/mol. The Morgan fingerprint density at radius 2 is 1.84 bits per heavy atom. The number of carbonyl (C=O) groups excluding carboxylic acids is 2. The number of nitrogens with zero attached hydrogens (tertiary/aromatic N) is 1. The van der Waals surface area contributed by atoms with Crippen molar-refractivity contribution in [1.82, 2.24) is 9.88 Å². The zero-order valence-corrected chi connectivity index (χ0v) is 14.0. The van der Waals surface area contributed by atoms with Gasteiger partial charge in [-0.2, -0.15) is 0 Å². The number of aliphatic carboxylic acids is 1. The molecule has 25 heavy (non-hydrogen) atoms. The second kappa shape index (κ2) is 7.51. The predicted molar refractivity (Wildman–Crippen MR) is 93.4 cm³/mol. The van der Waals surface area contributed by atoms with Crippen LogP contribution in [0.3, 0.4) is 0 Å². The molecule has 1 saturated carbocycles. The number of amides is 1. The minimum Gasteiger partial charge on any atom is -0.480 e. The van der Waals surface area contributed by atoms with Crippen LogP contribution in [0.1, 0.15) is 42.5 Å². The van der Waals surface area contributed by atoms with Gasteiger partial charge in [-0.15, -0.1) is 0 Å². The number of carboxylic acid groups (broad SMARTS) is 1. The van der Waals surface area contributed by atoms with E-state index >= 15 is 0 Å². The summed E-state index contributed by atoms with van der Waals surface area (Å²) in [5, 5.41) is 9.81. The van der Waals surface area contributed by atoms with Crippen LogP contribution < -0.4 is 0 Å². The van der Waals surface area contributed by atoms with Crippen molar-refractivity contribution in [2.45, 2.75) is 32.1 Å². The zero-order valence-electron chi connectivity index (χ0n) is 14.0. The van der Waals surface area contributed by atoms with Crippen molar-refractivity contribution < 1.29 is 19.5 Å². The SMILES string of the molecule is O=C(O)CN(CC1CCCCC1)C(=O)C(=O)c1c[nH]c2ccccc12. The Morgan fingerprint density at radius 3 is 2.56 bits per heavy atom. The number of hydrogen-bond donors (Lipinski definition) is 2. The molecule has 2 N–H and O–H groups in total. The van der Waals surface area contributed by atoms with Gasteiger partial charge in [-0.3, -0.25) is 14.4 Å². The largest absolute Gasteiger partial charge is 0.480 e. The number of carboxylic acids is 1. The lowest BCUT2D eigenvalue weighted by molar-refractivity contribution is -0.143. The Labute approximate surface area is 145 Å². The Kier molecular flexibility index (Phi) is 5.16. The van der Waals surface area contributed by atoms with Crippen molar-refractivity contribution in [2.24, 2.45) is 5.92 Å². The number of nitrogens with one attached hydrogen (secondary N) is 1. The lowest BCUT2D eigenvalue weighted by Gasteiger charge is -2.28. The van der Waals surface area contributed by atoms with Crippen molar-refractivity contribution in [1.29, 1.82) is 0 Å². The number of carbonyl (C=O) groups is 3. The fourth-order valence-electron chi connectivity index (χ4n) is 3.58. The van der Waals surface area contributed by atoms with Gasteiger partial charge in [-0.1, -0.05) is 37.5 Å². The maximum atomic E-state index is 12.7. The van der Waals surface area contributed by atoms with Gasteiger partial charge in [-0.25, -0.2) is 0 Å². The number of ketones is 1. The maximum Gasteiger partial charge on any atom is 0.323 e. The van der Waals surface area contributed by atoms with Crippen molar-refractivity contribution in [3.63, 3.8) is 0 Å². The number of para-hydroxylation sites is 1. The first-order chi connectivity index (χ1) is 12.1. The number of H-pyrrole nitrogens is 1. The summed E-state index contributed by atoms with van der Waals surface area (Å²) in [6.07, 6.45) is 6.84. The first-order valence-electron chi connectivity index (χ1n) is 8.68. The molecule has 1 aliphatic rings. The third-order valence-corrected chi connectivity index (χ3v) is 4.84. The summed E-state index contributed by atoms with van der Waals surface area (Å²) in [6.45, 7) is -0.108. The minimum absolute atomic E-state index is 0.271. The van der Waals surface area contributed by atoms with Crippen LogP contribution in [0.4, 0.5) is 0 Å². The molecule has 0 spiro atoms. The first-order valence-corrected chi connectivity index (χ1v) is 8.68. The fourth-order valence-corrected chi connectivity index (χ4v) is 3.58. The molecule has 1 heterocycles. The van der Waals surface area contributed by atoms with Crippen LogP contribution in [0.15, 0.2) is 30.5 Å². The van der Waals surface area contributed by atoms with Gasteiger partial charge in [-0.05, 0) is 24.8 Å². The van der Waals surface area contributed by atoms with E-state index in [1.807, 2.05) is 12.1 Å². The van der Waals surface area contributed by atoms with Gasteiger partial charge in [0.25, 0.3) is 11.7 Å². The van der Waals surface area contributed by atoms with Crippen LogP contribution in [0.25, 0.3) is 10.9 Å². The number of benzene rings is 1. The van der Waals surface area contributed by atoms with E-state index in [1.54, 1.807) is 12.1 Å². The Balaban J connectivity index is 1.80. The number of rotatable bonds is 6. The van der Waals surface area contributed by atoms with Gasteiger partial charge in [0, 0.05) is 23.6 Å². The highest BCUT2D eigenvalue weighted by atomic mass is 16.4. The second-order valence-electron chi connectivity index (χ2n) is 6.66. The summed E-state index contributed by atoms with van der Waals surface area (Å²) in [6, 6.07) is 7.24. The summed E-state index contributed by atoms with van der Waals surface area (Å²) >= 11 is 0. The molecule has 132 valence electrons. The molecule has 1 aliphatic carbocycles. The lowest BCUT2D eigenvalue weighted by Crippen LogP contribution is -2.43. The summed E-state index contributed by atoms with van der Waals surface area (Å²) in [5.41, 5.74) is 1.07. The molecule has 1 aromatic heterocycles. The lowest BCUT2D eigenvalue weighted by atomic mass is 9.89. The summed E-state index contributed by atoms with van der Waals surface area (Å²) in [4.78, 5) is 40.7. The standard InChI is InChI=1S/C19H22N2O4/c22-17(23)12-21(11-13-6-2-1-3-7-13)19(25)18(24)15-10-20-16-9-5-4-8-14(15)16/h4-5,8-10,13,20H,1-3,6-7,11-12H2,(H,22,23). The quantitative estimate of drug-likeness (QED) is 0.624. The van der Waals surface area contributed by atoms with Gasteiger partial charge in [0.05, 0.1) is 5.56 Å². The summed E-state index contributed by atoms with van der Waals surface area (Å²) in [5.74, 6) is -2.23. The van der Waals surface area contributed by atoms with Crippen molar-refractivity contribution in [3.05, 3.63) is 36.0 Å². The molecule has 0 unspecified atom stereocenters. The van der Waals surface area contributed by atoms with E-state index in [1.165, 1.54) is 17.5 Å². The van der Waals surface area contributed by atoms with E-state index in [0.717, 1.165) is 31.2 Å². The molecular weight excluding hydrogens is 320 g/mol. The van der Waals surface area contributed by atoms with Crippen LogP contribution in [-0.2, 0) is 9.59 Å². The van der Waals surface area contributed by atoms with Crippen molar-refractivity contribution >= 4 is 28.6 Å². The molecule has 1 amide bonds. The molecular formula is C19H22N2O4. The number of hydrogen-bond acceptors (Lipinski definition) is 3. The molecule has 6 heteroatoms. The highest BCUT2D eigenvalue weighted by Gasteiger charge is 2.29. The van der Waals surface area contributed by atoms with Gasteiger partial charge in [0.15, 0.2) is 0 Å².